The van der Waals surface area contributed by atoms with Gasteiger partial charge in [0.05, 0.1) is 6.04 Å². The fourth-order valence-electron chi connectivity index (χ4n) is 2.66. The van der Waals surface area contributed by atoms with Crippen molar-refractivity contribution in [2.24, 2.45) is 0 Å². The smallest absolute Gasteiger partial charge is 0.287 e. The Morgan fingerprint density at radius 3 is 2.71 bits per heavy atom. The average Bonchev–Trinajstić information content (AvgIpc) is 3.02. The van der Waals surface area contributed by atoms with E-state index in [1.54, 1.807) is 0 Å². The van der Waals surface area contributed by atoms with Gasteiger partial charge in [-0.2, -0.15) is 0 Å². The lowest BCUT2D eigenvalue weighted by Crippen LogP contribution is -2.28. The molecule has 124 valence electrons. The molecule has 3 aromatic rings. The van der Waals surface area contributed by atoms with E-state index in [1.165, 1.54) is 24.3 Å². The molecule has 0 aliphatic heterocycles. The molecule has 2 aromatic carbocycles. The highest BCUT2D eigenvalue weighted by Gasteiger charge is 2.18. The van der Waals surface area contributed by atoms with Gasteiger partial charge in [-0.15, -0.1) is 0 Å². The zero-order valence-corrected chi connectivity index (χ0v) is 13.0. The van der Waals surface area contributed by atoms with E-state index in [0.717, 1.165) is 5.56 Å². The predicted octanol–water partition coefficient (Wildman–Crippen LogP) is 3.82. The lowest BCUT2D eigenvalue weighted by atomic mass is 10.0. The summed E-state index contributed by atoms with van der Waals surface area (Å²) in [5.74, 6) is -0.598. The summed E-state index contributed by atoms with van der Waals surface area (Å²) < 4.78 is 18.7. The van der Waals surface area contributed by atoms with E-state index in [1.807, 2.05) is 30.3 Å². The minimum absolute atomic E-state index is 0.0586. The van der Waals surface area contributed by atoms with Crippen LogP contribution < -0.4 is 5.32 Å². The molecule has 0 aliphatic rings. The minimum atomic E-state index is -0.375. The van der Waals surface area contributed by atoms with Gasteiger partial charge in [0.25, 0.3) is 5.91 Å². The number of nitrogens with one attached hydrogen (secondary N) is 1. The number of hydrogen-bond acceptors (Lipinski definition) is 3. The van der Waals surface area contributed by atoms with Crippen molar-refractivity contribution in [3.05, 3.63) is 71.7 Å². The summed E-state index contributed by atoms with van der Waals surface area (Å²) in [4.78, 5) is 12.5. The van der Waals surface area contributed by atoms with E-state index in [9.17, 15) is 9.18 Å². The van der Waals surface area contributed by atoms with Gasteiger partial charge in [-0.25, -0.2) is 4.39 Å². The van der Waals surface area contributed by atoms with Gasteiger partial charge in [-0.05, 0) is 42.7 Å². The van der Waals surface area contributed by atoms with Crippen LogP contribution in [0.1, 0.15) is 35.0 Å². The van der Waals surface area contributed by atoms with Crippen molar-refractivity contribution in [1.82, 2.24) is 5.32 Å². The largest absolute Gasteiger partial charge is 0.451 e. The van der Waals surface area contributed by atoms with E-state index >= 15 is 0 Å². The van der Waals surface area contributed by atoms with Crippen LogP contribution in [0.5, 0.6) is 0 Å². The number of hydrogen-bond donors (Lipinski definition) is 2. The van der Waals surface area contributed by atoms with E-state index in [2.05, 4.69) is 5.32 Å². The summed E-state index contributed by atoms with van der Waals surface area (Å²) >= 11 is 0. The molecule has 1 unspecified atom stereocenters. The highest BCUT2D eigenvalue weighted by atomic mass is 19.1. The Bertz CT molecular complexity index is 829. The Balaban J connectivity index is 1.81. The van der Waals surface area contributed by atoms with Crippen LogP contribution in [0.3, 0.4) is 0 Å². The van der Waals surface area contributed by atoms with Crippen LogP contribution in [0.2, 0.25) is 0 Å². The molecule has 1 atom stereocenters. The second-order valence-electron chi connectivity index (χ2n) is 5.60. The third-order valence-corrected chi connectivity index (χ3v) is 3.86. The summed E-state index contributed by atoms with van der Waals surface area (Å²) in [5.41, 5.74) is 1.43. The zero-order chi connectivity index (χ0) is 16.9. The number of furan rings is 1. The molecule has 0 spiro atoms. The van der Waals surface area contributed by atoms with Gasteiger partial charge in [0.1, 0.15) is 11.4 Å². The molecule has 1 amide bonds. The maximum Gasteiger partial charge on any atom is 0.287 e. The first-order valence-electron chi connectivity index (χ1n) is 7.83. The van der Waals surface area contributed by atoms with Crippen molar-refractivity contribution < 1.29 is 18.7 Å². The second kappa shape index (κ2) is 7.27. The zero-order valence-electron chi connectivity index (χ0n) is 13.0. The van der Waals surface area contributed by atoms with E-state index in [4.69, 9.17) is 9.52 Å². The van der Waals surface area contributed by atoms with Crippen LogP contribution in [0.15, 0.2) is 59.0 Å². The molecule has 24 heavy (non-hydrogen) atoms. The summed E-state index contributed by atoms with van der Waals surface area (Å²) in [6, 6.07) is 15.0. The fourth-order valence-corrected chi connectivity index (χ4v) is 2.66. The quantitative estimate of drug-likeness (QED) is 0.723. The SMILES string of the molecule is O=C(NC(CCCO)c1ccccc1)c1cc2cc(F)ccc2o1. The van der Waals surface area contributed by atoms with Crippen molar-refractivity contribution in [2.75, 3.05) is 6.61 Å². The van der Waals surface area contributed by atoms with Gasteiger partial charge in [-0.1, -0.05) is 30.3 Å². The summed E-state index contributed by atoms with van der Waals surface area (Å²) in [5, 5.41) is 12.5. The lowest BCUT2D eigenvalue weighted by Gasteiger charge is -2.18. The van der Waals surface area contributed by atoms with Gasteiger partial charge >= 0.3 is 0 Å². The Kier molecular flexibility index (Phi) is 4.91. The third-order valence-electron chi connectivity index (χ3n) is 3.86. The maximum absolute atomic E-state index is 13.3. The topological polar surface area (TPSA) is 62.5 Å². The molecule has 1 aromatic heterocycles. The third kappa shape index (κ3) is 3.63. The molecule has 0 fully saturated rings. The number of fused-ring (bicyclic) bond motifs is 1. The van der Waals surface area contributed by atoms with Crippen LogP contribution in [0.25, 0.3) is 11.0 Å². The van der Waals surface area contributed by atoms with Crippen LogP contribution in [-0.2, 0) is 0 Å². The van der Waals surface area contributed by atoms with E-state index in [0.29, 0.717) is 23.8 Å². The molecule has 0 saturated heterocycles. The molecule has 0 aliphatic carbocycles. The monoisotopic (exact) mass is 327 g/mol. The first-order valence-corrected chi connectivity index (χ1v) is 7.83. The number of carbonyl (C=O) groups is 1. The number of amides is 1. The fraction of sp³-hybridized carbons (Fsp3) is 0.211. The van der Waals surface area contributed by atoms with Crippen molar-refractivity contribution in [2.45, 2.75) is 18.9 Å². The number of benzene rings is 2. The Morgan fingerprint density at radius 2 is 1.96 bits per heavy atom. The first-order chi connectivity index (χ1) is 11.7. The highest BCUT2D eigenvalue weighted by Crippen LogP contribution is 2.23. The Hall–Kier alpha value is -2.66. The standard InChI is InChI=1S/C19H18FNO3/c20-15-8-9-17-14(11-15)12-18(24-17)19(23)21-16(7-4-10-22)13-5-2-1-3-6-13/h1-3,5-6,8-9,11-12,16,22H,4,7,10H2,(H,21,23). The van der Waals surface area contributed by atoms with Gasteiger partial charge in [-0.3, -0.25) is 4.79 Å². The first kappa shape index (κ1) is 16.2. The minimum Gasteiger partial charge on any atom is -0.451 e. The van der Waals surface area contributed by atoms with Crippen molar-refractivity contribution in [3.63, 3.8) is 0 Å². The van der Waals surface area contributed by atoms with Gasteiger partial charge in [0, 0.05) is 12.0 Å². The molecule has 1 heterocycles. The Labute approximate surface area is 138 Å². The Morgan fingerprint density at radius 1 is 1.17 bits per heavy atom. The molecular formula is C19H18FNO3. The summed E-state index contributed by atoms with van der Waals surface area (Å²) in [7, 11) is 0. The van der Waals surface area contributed by atoms with Crippen LogP contribution in [0, 0.1) is 5.82 Å². The molecule has 0 saturated carbocycles. The number of aliphatic hydroxyl groups excluding tert-OH is 1. The van der Waals surface area contributed by atoms with Crippen LogP contribution >= 0.6 is 0 Å². The van der Waals surface area contributed by atoms with Crippen LogP contribution in [0.4, 0.5) is 4.39 Å². The van der Waals surface area contributed by atoms with Crippen molar-refractivity contribution in [1.29, 1.82) is 0 Å². The lowest BCUT2D eigenvalue weighted by molar-refractivity contribution is 0.0906. The molecule has 0 bridgehead atoms. The number of carbonyl (C=O) groups excluding carboxylic acids is 1. The number of halogens is 1. The van der Waals surface area contributed by atoms with Crippen LogP contribution in [-0.4, -0.2) is 17.6 Å². The van der Waals surface area contributed by atoms with Gasteiger partial charge in [0.15, 0.2) is 5.76 Å². The van der Waals surface area contributed by atoms with Crippen molar-refractivity contribution in [3.8, 4) is 0 Å². The molecule has 0 radical (unpaired) electrons. The maximum atomic E-state index is 13.3. The molecular weight excluding hydrogens is 309 g/mol. The molecule has 2 N–H and O–H groups in total. The number of rotatable bonds is 6. The second-order valence-corrected chi connectivity index (χ2v) is 5.60. The van der Waals surface area contributed by atoms with Gasteiger partial charge in [0.2, 0.25) is 0 Å². The normalized spacial score (nSPS) is 12.2. The van der Waals surface area contributed by atoms with E-state index in [-0.39, 0.29) is 30.1 Å². The molecule has 4 nitrogen and oxygen atoms in total. The van der Waals surface area contributed by atoms with Crippen molar-refractivity contribution >= 4 is 16.9 Å². The highest BCUT2D eigenvalue weighted by molar-refractivity contribution is 5.96. The van der Waals surface area contributed by atoms with E-state index < -0.39 is 0 Å². The number of aliphatic hydroxyl groups is 1. The molecule has 3 rings (SSSR count). The summed E-state index contributed by atoms with van der Waals surface area (Å²) in [6.45, 7) is 0.0586. The summed E-state index contributed by atoms with van der Waals surface area (Å²) in [6.07, 6.45) is 1.19. The predicted molar refractivity (Wildman–Crippen MR) is 89.1 cm³/mol. The average molecular weight is 327 g/mol. The molecule has 5 heteroatoms. The van der Waals surface area contributed by atoms with Gasteiger partial charge < -0.3 is 14.8 Å².